The van der Waals surface area contributed by atoms with Crippen molar-refractivity contribution in [3.63, 3.8) is 0 Å². The third-order valence-corrected chi connectivity index (χ3v) is 7.74. The number of carbonyl (C=O) groups is 1. The van der Waals surface area contributed by atoms with Crippen molar-refractivity contribution in [2.75, 3.05) is 19.8 Å². The van der Waals surface area contributed by atoms with E-state index in [1.54, 1.807) is 24.3 Å². The van der Waals surface area contributed by atoms with Crippen LogP contribution in [0.2, 0.25) is 5.02 Å². The Labute approximate surface area is 260 Å². The maximum absolute atomic E-state index is 14.4. The van der Waals surface area contributed by atoms with Gasteiger partial charge in [0, 0.05) is 47.2 Å². The van der Waals surface area contributed by atoms with E-state index in [9.17, 15) is 10.3 Å². The van der Waals surface area contributed by atoms with E-state index < -0.39 is 11.6 Å². The number of rotatable bonds is 13. The summed E-state index contributed by atoms with van der Waals surface area (Å²) in [4.78, 5) is 22.4. The fourth-order valence-electron chi connectivity index (χ4n) is 5.17. The van der Waals surface area contributed by atoms with Gasteiger partial charge >= 0.3 is 0 Å². The summed E-state index contributed by atoms with van der Waals surface area (Å²) < 4.78 is 12.2. The highest BCUT2D eigenvalue weighted by Crippen LogP contribution is 2.43. The molecule has 0 saturated heterocycles. The van der Waals surface area contributed by atoms with Crippen LogP contribution < -0.4 is 10.1 Å². The van der Waals surface area contributed by atoms with Gasteiger partial charge in [-0.15, -0.1) is 0 Å². The third kappa shape index (κ3) is 7.03. The lowest BCUT2D eigenvalue weighted by atomic mass is 9.81. The number of benzene rings is 4. The van der Waals surface area contributed by atoms with Crippen LogP contribution in [0, 0.1) is 0 Å². The molecule has 0 unspecified atom stereocenters. The minimum absolute atomic E-state index is 0.0505. The second-order valence-corrected chi connectivity index (χ2v) is 10.7. The van der Waals surface area contributed by atoms with E-state index in [2.05, 4.69) is 15.3 Å². The molecule has 0 aromatic heterocycles. The van der Waals surface area contributed by atoms with E-state index >= 15 is 0 Å². The first-order valence-corrected chi connectivity index (χ1v) is 14.7. The Kier molecular flexibility index (Phi) is 10.1. The summed E-state index contributed by atoms with van der Waals surface area (Å²) in [6.07, 6.45) is 0.397. The average molecular weight is 610 g/mol. The first kappa shape index (κ1) is 30.6. The summed E-state index contributed by atoms with van der Waals surface area (Å²) in [7, 11) is 0. The molecule has 2 N–H and O–H groups in total. The number of hydrogen-bond acceptors (Lipinski definition) is 6. The van der Waals surface area contributed by atoms with Gasteiger partial charge < -0.3 is 19.9 Å². The first-order chi connectivity index (χ1) is 21.5. The number of nitrogens with zero attached hydrogens (tertiary/aromatic N) is 4. The maximum Gasteiger partial charge on any atom is 0.252 e. The van der Waals surface area contributed by atoms with Crippen LogP contribution in [0.3, 0.4) is 0 Å². The molecule has 10 heteroatoms. The van der Waals surface area contributed by atoms with Crippen LogP contribution in [0.4, 0.5) is 5.69 Å². The number of aliphatic hydroxyl groups excluding tert-OH is 1. The molecule has 0 bridgehead atoms. The van der Waals surface area contributed by atoms with Gasteiger partial charge in [0.25, 0.3) is 5.91 Å². The molecule has 2 atom stereocenters. The monoisotopic (exact) mass is 609 g/mol. The lowest BCUT2D eigenvalue weighted by Crippen LogP contribution is -2.50. The minimum atomic E-state index is -1.44. The molecule has 44 heavy (non-hydrogen) atoms. The van der Waals surface area contributed by atoms with E-state index in [0.717, 1.165) is 11.1 Å². The van der Waals surface area contributed by atoms with Crippen molar-refractivity contribution in [3.05, 3.63) is 141 Å². The van der Waals surface area contributed by atoms with Gasteiger partial charge in [0.2, 0.25) is 5.90 Å². The van der Waals surface area contributed by atoms with Gasteiger partial charge in [0.1, 0.15) is 5.75 Å². The van der Waals surface area contributed by atoms with Crippen molar-refractivity contribution in [1.29, 1.82) is 0 Å². The molecule has 0 radical (unpaired) electrons. The van der Waals surface area contributed by atoms with Crippen molar-refractivity contribution in [3.8, 4) is 5.75 Å². The smallest absolute Gasteiger partial charge is 0.252 e. The summed E-state index contributed by atoms with van der Waals surface area (Å²) >= 11 is 6.37. The lowest BCUT2D eigenvalue weighted by Gasteiger charge is -2.31. The fraction of sp³-hybridized carbons (Fsp3) is 0.235. The Morgan fingerprint density at radius 1 is 1.00 bits per heavy atom. The van der Waals surface area contributed by atoms with Crippen molar-refractivity contribution in [2.24, 2.45) is 10.1 Å². The van der Waals surface area contributed by atoms with Crippen molar-refractivity contribution in [1.82, 2.24) is 5.32 Å². The zero-order valence-electron chi connectivity index (χ0n) is 24.0. The fourth-order valence-corrected chi connectivity index (χ4v) is 5.40. The van der Waals surface area contributed by atoms with Gasteiger partial charge in [-0.2, -0.15) is 0 Å². The second-order valence-electron chi connectivity index (χ2n) is 10.3. The number of ether oxygens (including phenoxy) is 2. The van der Waals surface area contributed by atoms with Crippen molar-refractivity contribution >= 4 is 29.1 Å². The summed E-state index contributed by atoms with van der Waals surface area (Å²) in [5, 5.41) is 16.7. The molecule has 0 aliphatic carbocycles. The first-order valence-electron chi connectivity index (χ1n) is 14.3. The molecule has 1 amide bonds. The summed E-state index contributed by atoms with van der Waals surface area (Å²) in [5.74, 6) is 0.628. The average Bonchev–Trinajstić information content (AvgIpc) is 3.44. The Morgan fingerprint density at radius 2 is 1.70 bits per heavy atom. The number of hydrogen-bond donors (Lipinski definition) is 2. The van der Waals surface area contributed by atoms with Crippen LogP contribution in [0.5, 0.6) is 5.75 Å². The standard InChI is InChI=1S/C34H32ClN5O4/c35-29-13-6-4-9-24(29)19-20-37-33(42)34(23-27-12-5-7-14-30(27)39-40-36)31(25-10-2-1-3-11-25)44-32(38-34)26-15-17-28(18-16-26)43-22-8-21-41/h1-7,9-18,31,41H,8,19-23H2,(H,37,42)/t31-,34-/m1/s1. The number of halogens is 1. The van der Waals surface area contributed by atoms with E-state index in [0.29, 0.717) is 59.5 Å². The number of azide groups is 1. The van der Waals surface area contributed by atoms with Crippen LogP contribution in [0.15, 0.2) is 113 Å². The quantitative estimate of drug-likeness (QED) is 0.0739. The predicted molar refractivity (Wildman–Crippen MR) is 170 cm³/mol. The van der Waals surface area contributed by atoms with Crippen LogP contribution >= 0.6 is 11.6 Å². The molecule has 1 aliphatic heterocycles. The number of nitrogens with one attached hydrogen (secondary N) is 1. The highest BCUT2D eigenvalue weighted by atomic mass is 35.5. The molecule has 5 rings (SSSR count). The van der Waals surface area contributed by atoms with Gasteiger partial charge in [-0.05, 0) is 59.0 Å². The minimum Gasteiger partial charge on any atom is -0.494 e. The van der Waals surface area contributed by atoms with Crippen molar-refractivity contribution in [2.45, 2.75) is 30.9 Å². The zero-order chi connectivity index (χ0) is 30.8. The van der Waals surface area contributed by atoms with Crippen LogP contribution in [-0.2, 0) is 22.4 Å². The molecule has 0 spiro atoms. The van der Waals surface area contributed by atoms with E-state index in [4.69, 9.17) is 31.2 Å². The predicted octanol–water partition coefficient (Wildman–Crippen LogP) is 6.90. The number of carbonyl (C=O) groups excluding carboxylic acids is 1. The van der Waals surface area contributed by atoms with Gasteiger partial charge in [0.05, 0.1) is 6.61 Å². The molecular weight excluding hydrogens is 578 g/mol. The second kappa shape index (κ2) is 14.6. The van der Waals surface area contributed by atoms with Gasteiger partial charge in [-0.3, -0.25) is 4.79 Å². The Morgan fingerprint density at radius 3 is 2.43 bits per heavy atom. The SMILES string of the molecule is [N-]=[N+]=Nc1ccccc1C[C@@]1(C(=O)NCCc2ccccc2Cl)N=C(c2ccc(OCCCO)cc2)O[C@@H]1c1ccccc1. The maximum atomic E-state index is 14.4. The Hall–Kier alpha value is -4.82. The normalized spacial score (nSPS) is 17.2. The van der Waals surface area contributed by atoms with Gasteiger partial charge in [-0.1, -0.05) is 89.5 Å². The highest BCUT2D eigenvalue weighted by molar-refractivity contribution is 6.31. The van der Waals surface area contributed by atoms with Crippen LogP contribution in [-0.4, -0.2) is 42.2 Å². The number of aliphatic imine (C=N–C) groups is 1. The van der Waals surface area contributed by atoms with Gasteiger partial charge in [0.15, 0.2) is 11.6 Å². The molecule has 4 aromatic rings. The van der Waals surface area contributed by atoms with E-state index in [1.165, 1.54) is 0 Å². The van der Waals surface area contributed by atoms with E-state index in [1.807, 2.05) is 78.9 Å². The molecule has 4 aromatic carbocycles. The molecule has 1 aliphatic rings. The van der Waals surface area contributed by atoms with Crippen molar-refractivity contribution < 1.29 is 19.4 Å². The molecule has 0 saturated carbocycles. The Bertz CT molecular complexity index is 1660. The van der Waals surface area contributed by atoms with Crippen LogP contribution in [0.1, 0.15) is 34.8 Å². The number of aliphatic hydroxyl groups is 1. The largest absolute Gasteiger partial charge is 0.494 e. The highest BCUT2D eigenvalue weighted by Gasteiger charge is 2.53. The summed E-state index contributed by atoms with van der Waals surface area (Å²) in [6.45, 7) is 0.773. The topological polar surface area (TPSA) is 129 Å². The zero-order valence-corrected chi connectivity index (χ0v) is 24.7. The molecule has 9 nitrogen and oxygen atoms in total. The number of amides is 1. The van der Waals surface area contributed by atoms with Crippen LogP contribution in [0.25, 0.3) is 10.4 Å². The summed E-state index contributed by atoms with van der Waals surface area (Å²) in [6, 6.07) is 31.5. The van der Waals surface area contributed by atoms with E-state index in [-0.39, 0.29) is 18.9 Å². The Balaban J connectivity index is 1.54. The summed E-state index contributed by atoms with van der Waals surface area (Å²) in [5.41, 5.74) is 11.2. The molecule has 1 heterocycles. The molecule has 0 fully saturated rings. The lowest BCUT2D eigenvalue weighted by molar-refractivity contribution is -0.128. The molecular formula is C34H32ClN5O4. The molecule has 224 valence electrons. The third-order valence-electron chi connectivity index (χ3n) is 7.37. The van der Waals surface area contributed by atoms with Gasteiger partial charge in [-0.25, -0.2) is 4.99 Å².